The maximum atomic E-state index is 13.0. The first-order valence-electron chi connectivity index (χ1n) is 11.0. The van der Waals surface area contributed by atoms with Crippen LogP contribution in [-0.4, -0.2) is 27.8 Å². The first-order chi connectivity index (χ1) is 18.2. The van der Waals surface area contributed by atoms with E-state index in [0.717, 1.165) is 22.3 Å². The van der Waals surface area contributed by atoms with Crippen molar-refractivity contribution in [2.24, 2.45) is 0 Å². The third kappa shape index (κ3) is 6.83. The Morgan fingerprint density at radius 3 is 2.50 bits per heavy atom. The second kappa shape index (κ2) is 12.7. The second-order valence-electron chi connectivity index (χ2n) is 7.77. The molecule has 1 aliphatic heterocycles. The van der Waals surface area contributed by atoms with Crippen LogP contribution in [0.15, 0.2) is 64.0 Å². The van der Waals surface area contributed by atoms with E-state index in [4.69, 9.17) is 56.5 Å². The minimum Gasteiger partial charge on any atom is -0.490 e. The van der Waals surface area contributed by atoms with Gasteiger partial charge < -0.3 is 9.47 Å². The number of thioether (sulfide) groups is 1. The summed E-state index contributed by atoms with van der Waals surface area (Å²) in [7, 11) is 0. The van der Waals surface area contributed by atoms with Crippen LogP contribution >= 0.6 is 74.7 Å². The van der Waals surface area contributed by atoms with Crippen molar-refractivity contribution in [1.82, 2.24) is 10.4 Å². The molecule has 12 heteroatoms. The average molecular weight is 673 g/mol. The smallest absolute Gasteiger partial charge is 0.285 e. The molecule has 3 aromatic rings. The number of amides is 2. The topological polar surface area (TPSA) is 67.9 Å². The lowest BCUT2D eigenvalue weighted by molar-refractivity contribution is -0.123. The zero-order valence-electron chi connectivity index (χ0n) is 19.6. The molecule has 1 aliphatic rings. The Hall–Kier alpha value is -2.27. The van der Waals surface area contributed by atoms with Crippen LogP contribution in [0.5, 0.6) is 11.5 Å². The highest BCUT2D eigenvalue weighted by molar-refractivity contribution is 9.10. The van der Waals surface area contributed by atoms with Crippen molar-refractivity contribution < 1.29 is 19.1 Å². The van der Waals surface area contributed by atoms with Crippen LogP contribution in [0.25, 0.3) is 6.08 Å². The predicted molar refractivity (Wildman–Crippen MR) is 160 cm³/mol. The Labute approximate surface area is 252 Å². The largest absolute Gasteiger partial charge is 0.490 e. The quantitative estimate of drug-likeness (QED) is 0.194. The molecule has 1 N–H and O–H groups in total. The molecule has 3 aromatic carbocycles. The summed E-state index contributed by atoms with van der Waals surface area (Å²) in [5.41, 5.74) is 4.40. The van der Waals surface area contributed by atoms with Gasteiger partial charge in [0.05, 0.1) is 26.0 Å². The number of thiocarbonyl (C=S) groups is 1. The number of rotatable bonds is 8. The number of hydrogen-bond acceptors (Lipinski definition) is 6. The summed E-state index contributed by atoms with van der Waals surface area (Å²) in [5.74, 6) is 0.0537. The van der Waals surface area contributed by atoms with Gasteiger partial charge in [-0.2, -0.15) is 5.01 Å². The molecule has 0 spiro atoms. The third-order valence-electron chi connectivity index (χ3n) is 5.11. The zero-order valence-corrected chi connectivity index (χ0v) is 25.1. The molecule has 0 atom stereocenters. The highest BCUT2D eigenvalue weighted by atomic mass is 79.9. The number of benzene rings is 3. The fraction of sp³-hybridized carbons (Fsp3) is 0.115. The van der Waals surface area contributed by atoms with Crippen molar-refractivity contribution >= 4 is 96.9 Å². The molecule has 0 aliphatic carbocycles. The van der Waals surface area contributed by atoms with Crippen LogP contribution in [0.3, 0.4) is 0 Å². The predicted octanol–water partition coefficient (Wildman–Crippen LogP) is 7.93. The summed E-state index contributed by atoms with van der Waals surface area (Å²) in [6, 6.07) is 15.1. The van der Waals surface area contributed by atoms with Gasteiger partial charge in [-0.25, -0.2) is 0 Å². The summed E-state index contributed by atoms with van der Waals surface area (Å²) in [4.78, 5) is 26.0. The number of hydrazine groups is 1. The molecular formula is C26H18BrCl3N2O4S2. The summed E-state index contributed by atoms with van der Waals surface area (Å²) >= 11 is 27.9. The van der Waals surface area contributed by atoms with Gasteiger partial charge in [0.15, 0.2) is 15.8 Å². The minimum absolute atomic E-state index is 0.203. The van der Waals surface area contributed by atoms with Crippen LogP contribution in [0, 0.1) is 0 Å². The fourth-order valence-electron chi connectivity index (χ4n) is 3.34. The molecule has 196 valence electrons. The van der Waals surface area contributed by atoms with E-state index >= 15 is 0 Å². The molecule has 0 unspecified atom stereocenters. The summed E-state index contributed by atoms with van der Waals surface area (Å²) in [6.07, 6.45) is 1.67. The Balaban J connectivity index is 1.53. The Morgan fingerprint density at radius 1 is 1.08 bits per heavy atom. The molecule has 0 saturated carbocycles. The van der Waals surface area contributed by atoms with Gasteiger partial charge in [0.25, 0.3) is 11.8 Å². The van der Waals surface area contributed by atoms with Crippen molar-refractivity contribution in [2.75, 3.05) is 6.61 Å². The molecule has 2 amide bonds. The number of nitrogens with zero attached hydrogens (tertiary/aromatic N) is 1. The highest BCUT2D eigenvalue weighted by Gasteiger charge is 2.34. The van der Waals surface area contributed by atoms with Crippen molar-refractivity contribution in [3.63, 3.8) is 0 Å². The van der Waals surface area contributed by atoms with E-state index in [1.807, 2.05) is 13.0 Å². The number of halogens is 4. The molecule has 1 fully saturated rings. The van der Waals surface area contributed by atoms with Crippen LogP contribution in [-0.2, 0) is 11.4 Å². The number of ether oxygens (including phenoxy) is 2. The van der Waals surface area contributed by atoms with Gasteiger partial charge in [0.1, 0.15) is 6.61 Å². The van der Waals surface area contributed by atoms with Crippen molar-refractivity contribution in [1.29, 1.82) is 0 Å². The van der Waals surface area contributed by atoms with E-state index in [1.54, 1.807) is 54.6 Å². The zero-order chi connectivity index (χ0) is 27.4. The van der Waals surface area contributed by atoms with Crippen LogP contribution in [0.2, 0.25) is 15.1 Å². The van der Waals surface area contributed by atoms with E-state index in [9.17, 15) is 9.59 Å². The van der Waals surface area contributed by atoms with Crippen LogP contribution in [0.1, 0.15) is 28.4 Å². The molecule has 4 rings (SSSR count). The first-order valence-corrected chi connectivity index (χ1v) is 14.2. The first kappa shape index (κ1) is 28.7. The van der Waals surface area contributed by atoms with E-state index < -0.39 is 11.8 Å². The maximum Gasteiger partial charge on any atom is 0.285 e. The SMILES string of the molecule is CCOc1cc(/C=C2/SC(=S)N(NC(=O)c3ccc(Cl)cc3)C2=O)cc(Br)c1OCc1ccc(Cl)c(Cl)c1. The van der Waals surface area contributed by atoms with Gasteiger partial charge in [0, 0.05) is 10.6 Å². The summed E-state index contributed by atoms with van der Waals surface area (Å²) in [5, 5.41) is 2.45. The van der Waals surface area contributed by atoms with Crippen molar-refractivity contribution in [3.05, 3.63) is 95.7 Å². The van der Waals surface area contributed by atoms with E-state index in [1.165, 1.54) is 0 Å². The van der Waals surface area contributed by atoms with Gasteiger partial charge in [0.2, 0.25) is 0 Å². The standard InChI is InChI=1S/C26H18BrCl3N2O4S2/c1-2-35-21-11-15(9-18(27)23(21)36-13-14-3-8-19(29)20(30)10-14)12-22-25(34)32(26(37)38-22)31-24(33)16-4-6-17(28)7-5-16/h3-12H,2,13H2,1H3,(H,31,33)/b22-12+. The summed E-state index contributed by atoms with van der Waals surface area (Å²) in [6.45, 7) is 2.50. The Kier molecular flexibility index (Phi) is 9.62. The normalized spacial score (nSPS) is 14.2. The van der Waals surface area contributed by atoms with E-state index in [2.05, 4.69) is 21.4 Å². The third-order valence-corrected chi connectivity index (χ3v) is 7.99. The Morgan fingerprint density at radius 2 is 1.82 bits per heavy atom. The molecule has 6 nitrogen and oxygen atoms in total. The van der Waals surface area contributed by atoms with Gasteiger partial charge in [-0.05, 0) is 101 Å². The molecular weight excluding hydrogens is 655 g/mol. The molecule has 0 bridgehead atoms. The van der Waals surface area contributed by atoms with Crippen LogP contribution < -0.4 is 14.9 Å². The summed E-state index contributed by atoms with van der Waals surface area (Å²) < 4.78 is 12.7. The number of carbonyl (C=O) groups excluding carboxylic acids is 2. The van der Waals surface area contributed by atoms with Gasteiger partial charge in [-0.15, -0.1) is 0 Å². The molecule has 1 saturated heterocycles. The molecule has 0 radical (unpaired) electrons. The minimum atomic E-state index is -0.482. The van der Waals surface area contributed by atoms with Crippen LogP contribution in [0.4, 0.5) is 0 Å². The van der Waals surface area contributed by atoms with Gasteiger partial charge in [-0.3, -0.25) is 15.0 Å². The molecule has 38 heavy (non-hydrogen) atoms. The molecule has 0 aromatic heterocycles. The Bertz CT molecular complexity index is 1450. The second-order valence-corrected chi connectivity index (χ2v) is 11.5. The lowest BCUT2D eigenvalue weighted by Crippen LogP contribution is -2.44. The average Bonchev–Trinajstić information content (AvgIpc) is 3.13. The van der Waals surface area contributed by atoms with E-state index in [-0.39, 0.29) is 10.9 Å². The maximum absolute atomic E-state index is 13.0. The molecule has 1 heterocycles. The van der Waals surface area contributed by atoms with E-state index in [0.29, 0.717) is 53.7 Å². The lowest BCUT2D eigenvalue weighted by atomic mass is 10.1. The van der Waals surface area contributed by atoms with Crippen molar-refractivity contribution in [3.8, 4) is 11.5 Å². The monoisotopic (exact) mass is 670 g/mol. The number of nitrogens with one attached hydrogen (secondary N) is 1. The van der Waals surface area contributed by atoms with Gasteiger partial charge >= 0.3 is 0 Å². The number of hydrogen-bond donors (Lipinski definition) is 1. The van der Waals surface area contributed by atoms with Gasteiger partial charge in [-0.1, -0.05) is 52.6 Å². The highest BCUT2D eigenvalue weighted by Crippen LogP contribution is 2.40. The fourth-order valence-corrected chi connectivity index (χ4v) is 5.54. The van der Waals surface area contributed by atoms with Crippen molar-refractivity contribution in [2.45, 2.75) is 13.5 Å². The number of carbonyl (C=O) groups is 2. The lowest BCUT2D eigenvalue weighted by Gasteiger charge is -2.16.